The molecule has 0 atom stereocenters. The molecule has 0 amide bonds. The third-order valence-electron chi connectivity index (χ3n) is 12.7. The van der Waals surface area contributed by atoms with Crippen molar-refractivity contribution in [2.75, 3.05) is 79.3 Å². The van der Waals surface area contributed by atoms with Crippen LogP contribution in [0.4, 0.5) is 0 Å². The summed E-state index contributed by atoms with van der Waals surface area (Å²) in [5.74, 6) is 11.0. The van der Waals surface area contributed by atoms with Crippen LogP contribution in [0.2, 0.25) is 0 Å². The van der Waals surface area contributed by atoms with E-state index in [-0.39, 0.29) is 0 Å². The van der Waals surface area contributed by atoms with Gasteiger partial charge in [0.1, 0.15) is 79.3 Å². The summed E-state index contributed by atoms with van der Waals surface area (Å²) in [7, 11) is 0. The molecule has 12 heterocycles. The molecule has 6 aromatic heterocycles. The predicted octanol–water partition coefficient (Wildman–Crippen LogP) is 10.7. The Morgan fingerprint density at radius 3 is 0.456 bits per heavy atom. The third kappa shape index (κ3) is 8.62. The first kappa shape index (κ1) is 45.0. The third-order valence-corrected chi connectivity index (χ3v) is 20.5. The predicted molar refractivity (Wildman–Crippen MR) is 268 cm³/mol. The molecule has 0 unspecified atom stereocenters. The molecule has 6 aliphatic heterocycles. The minimum Gasteiger partial charge on any atom is -0.485 e. The topological polar surface area (TPSA) is 111 Å². The molecule has 12 nitrogen and oxygen atoms in total. The lowest BCUT2D eigenvalue weighted by atomic mass is 10.1. The van der Waals surface area contributed by atoms with Crippen molar-refractivity contribution < 1.29 is 56.8 Å². The number of hydrogen-bond acceptors (Lipinski definition) is 18. The molecule has 0 aromatic carbocycles. The Kier molecular flexibility index (Phi) is 13.2. The Morgan fingerprint density at radius 1 is 0.206 bits per heavy atom. The molecule has 6 aromatic rings. The molecular weight excluding hydrogens is 985 g/mol. The zero-order valence-electron chi connectivity index (χ0n) is 38.3. The zero-order valence-corrected chi connectivity index (χ0v) is 43.2. The number of ether oxygens (including phenoxy) is 12. The Balaban J connectivity index is 0.729. The van der Waals surface area contributed by atoms with Crippen LogP contribution in [-0.4, -0.2) is 79.3 Å². The fraction of sp³-hybridized carbons (Fsp3) is 0.520. The van der Waals surface area contributed by atoms with E-state index in [0.29, 0.717) is 79.3 Å². The van der Waals surface area contributed by atoms with E-state index in [1.165, 1.54) is 58.5 Å². The molecule has 0 saturated carbocycles. The molecule has 0 saturated heterocycles. The fourth-order valence-corrected chi connectivity index (χ4v) is 16.7. The molecule has 0 radical (unpaired) electrons. The smallest absolute Gasteiger partial charge is 0.175 e. The van der Waals surface area contributed by atoms with Crippen molar-refractivity contribution in [2.45, 2.75) is 90.9 Å². The highest BCUT2D eigenvalue weighted by Gasteiger charge is 2.32. The van der Waals surface area contributed by atoms with Crippen molar-refractivity contribution >= 4 is 68.0 Å². The average molecular weight is 1040 g/mol. The summed E-state index contributed by atoms with van der Waals surface area (Å²) in [5.41, 5.74) is 0. The van der Waals surface area contributed by atoms with E-state index >= 15 is 0 Å². The number of thiophene rings is 6. The molecule has 0 fully saturated rings. The normalized spacial score (nSPS) is 16.3. The van der Waals surface area contributed by atoms with Crippen molar-refractivity contribution in [3.8, 4) is 69.0 Å². The number of fused-ring (bicyclic) bond motifs is 6. The van der Waals surface area contributed by atoms with Gasteiger partial charge in [-0.3, -0.25) is 0 Å². The molecule has 0 spiro atoms. The van der Waals surface area contributed by atoms with Crippen LogP contribution in [0.15, 0.2) is 0 Å². The van der Waals surface area contributed by atoms with Crippen molar-refractivity contribution in [3.63, 3.8) is 0 Å². The molecule has 362 valence electrons. The maximum Gasteiger partial charge on any atom is 0.175 e. The highest BCUT2D eigenvalue weighted by atomic mass is 32.1. The first-order valence-corrected chi connectivity index (χ1v) is 28.9. The van der Waals surface area contributed by atoms with Crippen LogP contribution in [0.3, 0.4) is 0 Å². The minimum atomic E-state index is 0.547. The van der Waals surface area contributed by atoms with Crippen LogP contribution in [0.5, 0.6) is 69.0 Å². The molecule has 0 N–H and O–H groups in total. The summed E-state index contributed by atoms with van der Waals surface area (Å²) in [6, 6.07) is 0. The Labute approximate surface area is 419 Å². The van der Waals surface area contributed by atoms with Crippen molar-refractivity contribution in [1.82, 2.24) is 0 Å². The molecule has 12 rings (SSSR count). The van der Waals surface area contributed by atoms with E-state index in [9.17, 15) is 0 Å². The van der Waals surface area contributed by atoms with Gasteiger partial charge in [-0.1, -0.05) is 13.8 Å². The van der Waals surface area contributed by atoms with Gasteiger partial charge in [0.05, 0.1) is 58.5 Å². The molecule has 18 heteroatoms. The van der Waals surface area contributed by atoms with Gasteiger partial charge in [0.2, 0.25) is 0 Å². The summed E-state index contributed by atoms with van der Waals surface area (Å²) in [6.45, 7) is 11.2. The monoisotopic (exact) mass is 1040 g/mol. The van der Waals surface area contributed by atoms with Gasteiger partial charge < -0.3 is 56.8 Å². The Morgan fingerprint density at radius 2 is 0.324 bits per heavy atom. The minimum absolute atomic E-state index is 0.547. The van der Waals surface area contributed by atoms with Crippen molar-refractivity contribution in [2.24, 2.45) is 0 Å². The lowest BCUT2D eigenvalue weighted by molar-refractivity contribution is 0.169. The van der Waals surface area contributed by atoms with Gasteiger partial charge in [-0.05, 0) is 77.0 Å². The van der Waals surface area contributed by atoms with Crippen LogP contribution < -0.4 is 56.8 Å². The van der Waals surface area contributed by atoms with Gasteiger partial charge in [-0.15, -0.1) is 68.0 Å². The summed E-state index contributed by atoms with van der Waals surface area (Å²) in [6.07, 6.45) is 10.3. The summed E-state index contributed by atoms with van der Waals surface area (Å²) >= 11 is 10.9. The Bertz CT molecular complexity index is 2600. The average Bonchev–Trinajstić information content (AvgIpc) is 4.25. The summed E-state index contributed by atoms with van der Waals surface area (Å²) in [4.78, 5) is 14.8. The van der Waals surface area contributed by atoms with Crippen LogP contribution in [0.1, 0.15) is 72.4 Å². The van der Waals surface area contributed by atoms with Gasteiger partial charge in [0.25, 0.3) is 0 Å². The first-order chi connectivity index (χ1) is 33.6. The molecule has 6 aliphatic rings. The SMILES string of the molecule is CCc1sc(CCc2sc(CCc3sc(CCc4sc(CCc5sc(CCc6sc(CC)c7c6OCCO7)c6c5OCCO6)c5c4OCCO5)c4c3OCCO4)c3c2OCCO3)c2c1OCCO2. The van der Waals surface area contributed by atoms with E-state index in [0.717, 1.165) is 146 Å². The van der Waals surface area contributed by atoms with E-state index in [2.05, 4.69) is 13.8 Å². The van der Waals surface area contributed by atoms with Crippen molar-refractivity contribution in [1.29, 1.82) is 0 Å². The van der Waals surface area contributed by atoms with Crippen molar-refractivity contribution in [3.05, 3.63) is 58.5 Å². The molecule has 68 heavy (non-hydrogen) atoms. The maximum atomic E-state index is 6.36. The first-order valence-electron chi connectivity index (χ1n) is 24.0. The van der Waals surface area contributed by atoms with E-state index in [1.54, 1.807) is 0 Å². The van der Waals surface area contributed by atoms with Gasteiger partial charge in [0, 0.05) is 0 Å². The quantitative estimate of drug-likeness (QED) is 0.0867. The van der Waals surface area contributed by atoms with E-state index < -0.39 is 0 Å². The summed E-state index contributed by atoms with van der Waals surface area (Å²) in [5, 5.41) is 0. The van der Waals surface area contributed by atoms with E-state index in [4.69, 9.17) is 56.8 Å². The molecular formula is C50H54O12S6. The van der Waals surface area contributed by atoms with Gasteiger partial charge in [-0.2, -0.15) is 0 Å². The second kappa shape index (κ2) is 19.9. The molecule has 0 bridgehead atoms. The number of rotatable bonds is 17. The second-order valence-corrected chi connectivity index (χ2v) is 24.2. The molecule has 0 aliphatic carbocycles. The fourth-order valence-electron chi connectivity index (χ4n) is 9.69. The van der Waals surface area contributed by atoms with Crippen LogP contribution in [0, 0.1) is 0 Å². The highest BCUT2D eigenvalue weighted by Crippen LogP contribution is 2.53. The summed E-state index contributed by atoms with van der Waals surface area (Å²) < 4.78 is 74.9. The standard InChI is InChI=1S/C50H54O12S6/c1-3-27-39-41(53-17-15-51-39)29(63-27)5-7-31-43-45(57-21-19-55-43)33(65-31)9-11-35-47-49(61-25-23-59-47)37(67-35)13-14-38-50-48(60-24-26-62-50)36(68-38)12-10-34-46-44(56-20-22-58-46)32(66-34)8-6-30-42-40(28(4-2)64-30)52-16-18-54-42/h3-26H2,1-2H3. The lowest BCUT2D eigenvalue weighted by Crippen LogP contribution is -2.16. The lowest BCUT2D eigenvalue weighted by Gasteiger charge is -2.18. The zero-order chi connectivity index (χ0) is 45.6. The maximum absolute atomic E-state index is 6.36. The van der Waals surface area contributed by atoms with Crippen LogP contribution >= 0.6 is 68.0 Å². The highest BCUT2D eigenvalue weighted by molar-refractivity contribution is 7.14. The van der Waals surface area contributed by atoms with Gasteiger partial charge in [-0.25, -0.2) is 0 Å². The Hall–Kier alpha value is -4.20. The largest absolute Gasteiger partial charge is 0.485 e. The number of aryl methyl sites for hydroxylation is 12. The van der Waals surface area contributed by atoms with Crippen LogP contribution in [-0.2, 0) is 77.0 Å². The van der Waals surface area contributed by atoms with Gasteiger partial charge >= 0.3 is 0 Å². The van der Waals surface area contributed by atoms with Gasteiger partial charge in [0.15, 0.2) is 69.0 Å². The number of hydrogen-bond donors (Lipinski definition) is 0. The van der Waals surface area contributed by atoms with E-state index in [1.807, 2.05) is 68.0 Å². The second-order valence-electron chi connectivity index (χ2n) is 17.0. The van der Waals surface area contributed by atoms with Crippen LogP contribution in [0.25, 0.3) is 0 Å².